The Morgan fingerprint density at radius 3 is 2.63 bits per heavy atom. The highest BCUT2D eigenvalue weighted by molar-refractivity contribution is 6.44. The van der Waals surface area contributed by atoms with Crippen molar-refractivity contribution < 1.29 is 23.9 Å². The first-order valence-electron chi connectivity index (χ1n) is 12.6. The fraction of sp³-hybridized carbons (Fsp3) is 0.357. The van der Waals surface area contributed by atoms with Crippen molar-refractivity contribution in [3.63, 3.8) is 0 Å². The molecule has 0 saturated heterocycles. The number of rotatable bonds is 9. The van der Waals surface area contributed by atoms with Gasteiger partial charge in [-0.2, -0.15) is 0 Å². The molecule has 1 heterocycles. The van der Waals surface area contributed by atoms with Crippen LogP contribution in [0, 0.1) is 12.7 Å². The summed E-state index contributed by atoms with van der Waals surface area (Å²) in [5, 5.41) is 16.4. The number of nitrogens with one attached hydrogen (secondary N) is 3. The zero-order chi connectivity index (χ0) is 27.8. The second-order valence-electron chi connectivity index (χ2n) is 8.96. The van der Waals surface area contributed by atoms with Gasteiger partial charge >= 0.3 is 5.97 Å². The summed E-state index contributed by atoms with van der Waals surface area (Å²) < 4.78 is 13.6. The number of hydrazine groups is 1. The molecule has 1 aliphatic heterocycles. The number of benzene rings is 1. The zero-order valence-electron chi connectivity index (χ0n) is 22.1. The van der Waals surface area contributed by atoms with Crippen LogP contribution in [0.3, 0.4) is 0 Å². The molecule has 10 heteroatoms. The number of carboxylic acid groups (broad SMARTS) is 1. The summed E-state index contributed by atoms with van der Waals surface area (Å²) >= 11 is 0. The topological polar surface area (TPSA) is 123 Å². The molecule has 0 bridgehead atoms. The van der Waals surface area contributed by atoms with E-state index >= 15 is 0 Å². The summed E-state index contributed by atoms with van der Waals surface area (Å²) in [4.78, 5) is 41.9. The van der Waals surface area contributed by atoms with Gasteiger partial charge in [-0.3, -0.25) is 19.4 Å². The number of amides is 2. The maximum Gasteiger partial charge on any atom is 0.307 e. The molecule has 0 radical (unpaired) electrons. The van der Waals surface area contributed by atoms with E-state index in [2.05, 4.69) is 21.1 Å². The van der Waals surface area contributed by atoms with Crippen LogP contribution in [-0.2, 0) is 20.9 Å². The first-order chi connectivity index (χ1) is 18.2. The van der Waals surface area contributed by atoms with Crippen LogP contribution < -0.4 is 16.1 Å². The predicted octanol–water partition coefficient (Wildman–Crippen LogP) is 3.40. The van der Waals surface area contributed by atoms with Gasteiger partial charge in [0.2, 0.25) is 0 Å². The smallest absolute Gasteiger partial charge is 0.307 e. The largest absolute Gasteiger partial charge is 0.481 e. The van der Waals surface area contributed by atoms with Crippen LogP contribution in [0.5, 0.6) is 0 Å². The highest BCUT2D eigenvalue weighted by Gasteiger charge is 2.31. The number of hydrogen-bond acceptors (Lipinski definition) is 6. The standard InChI is InChI=1S/C28H34FN5O4/c1-5-7-20-19(10-13-26(35)36)9-12-22(20)33-28(38)24-15-23(32-25(6-2)34(24)30-4)27(37)31-16-18-8-11-21(29)17(3)14-18/h6-8,10-11,14-15,22,30H,5,9,12-13,16H2,1-4H3,(H,31,37)(H,33,38)(H,35,36)/b19-10-,20-7+,25-6-. The summed E-state index contributed by atoms with van der Waals surface area (Å²) in [6.45, 7) is 5.56. The number of nitrogens with zero attached hydrogens (tertiary/aromatic N) is 2. The summed E-state index contributed by atoms with van der Waals surface area (Å²) in [5.41, 5.74) is 6.26. The van der Waals surface area contributed by atoms with Crippen molar-refractivity contribution in [2.75, 3.05) is 7.05 Å². The highest BCUT2D eigenvalue weighted by atomic mass is 19.1. The number of carbonyl (C=O) groups excluding carboxylic acids is 2. The number of halogens is 1. The van der Waals surface area contributed by atoms with Gasteiger partial charge in [-0.15, -0.1) is 0 Å². The van der Waals surface area contributed by atoms with E-state index in [0.717, 1.165) is 23.1 Å². The Balaban J connectivity index is 1.80. The molecule has 1 saturated carbocycles. The molecule has 0 aromatic heterocycles. The van der Waals surface area contributed by atoms with E-state index in [9.17, 15) is 18.8 Å². The van der Waals surface area contributed by atoms with Crippen molar-refractivity contribution in [2.45, 2.75) is 59.0 Å². The number of aryl methyl sites for hydroxylation is 1. The molecule has 2 aliphatic rings. The Morgan fingerprint density at radius 2 is 2.00 bits per heavy atom. The summed E-state index contributed by atoms with van der Waals surface area (Å²) in [5.74, 6) is -1.72. The minimum absolute atomic E-state index is 0.0615. The Hall–Kier alpha value is -4.05. The first-order valence-corrected chi connectivity index (χ1v) is 12.6. The van der Waals surface area contributed by atoms with Gasteiger partial charge in [0.15, 0.2) is 0 Å². The summed E-state index contributed by atoms with van der Waals surface area (Å²) in [7, 11) is 1.65. The van der Waals surface area contributed by atoms with Crippen molar-refractivity contribution in [1.82, 2.24) is 21.1 Å². The molecule has 1 aromatic carbocycles. The lowest BCUT2D eigenvalue weighted by Gasteiger charge is -2.29. The van der Waals surface area contributed by atoms with Crippen molar-refractivity contribution in [1.29, 1.82) is 0 Å². The Morgan fingerprint density at radius 1 is 1.24 bits per heavy atom. The third-order valence-electron chi connectivity index (χ3n) is 6.30. The molecule has 2 amide bonds. The number of aliphatic carboxylic acids is 1. The molecule has 202 valence electrons. The number of hydrogen-bond donors (Lipinski definition) is 4. The fourth-order valence-corrected chi connectivity index (χ4v) is 4.45. The Kier molecular flexibility index (Phi) is 9.72. The molecule has 1 unspecified atom stereocenters. The average molecular weight is 524 g/mol. The van der Waals surface area contributed by atoms with E-state index in [1.54, 1.807) is 45.2 Å². The van der Waals surface area contributed by atoms with Gasteiger partial charge in [0, 0.05) is 19.7 Å². The molecule has 1 fully saturated rings. The van der Waals surface area contributed by atoms with E-state index < -0.39 is 17.8 Å². The van der Waals surface area contributed by atoms with Gasteiger partial charge in [-0.1, -0.05) is 31.2 Å². The van der Waals surface area contributed by atoms with Crippen LogP contribution in [-0.4, -0.2) is 46.7 Å². The molecule has 1 aromatic rings. The number of allylic oxidation sites excluding steroid dienone is 2. The van der Waals surface area contributed by atoms with Crippen molar-refractivity contribution in [3.05, 3.63) is 82.1 Å². The van der Waals surface area contributed by atoms with Gasteiger partial charge < -0.3 is 15.7 Å². The molecule has 3 rings (SSSR count). The maximum absolute atomic E-state index is 13.6. The van der Waals surface area contributed by atoms with Gasteiger partial charge in [-0.05, 0) is 67.5 Å². The first kappa shape index (κ1) is 28.5. The van der Waals surface area contributed by atoms with Crippen molar-refractivity contribution in [3.8, 4) is 0 Å². The van der Waals surface area contributed by atoms with Crippen LogP contribution in [0.1, 0.15) is 50.7 Å². The highest BCUT2D eigenvalue weighted by Crippen LogP contribution is 2.32. The van der Waals surface area contributed by atoms with Gasteiger partial charge in [0.25, 0.3) is 11.8 Å². The molecule has 4 N–H and O–H groups in total. The fourth-order valence-electron chi connectivity index (χ4n) is 4.45. The lowest BCUT2D eigenvalue weighted by molar-refractivity contribution is -0.136. The number of carboxylic acids is 1. The SMILES string of the molecule is C/C=C1/N=C(C(=O)NCc2ccc(F)c(C)c2)C=C(C(=O)NC2CCC(=C/CC(=O)O)/C2=C\CC)N1NC. The van der Waals surface area contributed by atoms with E-state index in [1.807, 2.05) is 13.0 Å². The second-order valence-corrected chi connectivity index (χ2v) is 8.96. The maximum atomic E-state index is 13.6. The van der Waals surface area contributed by atoms with Gasteiger partial charge in [0.05, 0.1) is 12.5 Å². The van der Waals surface area contributed by atoms with Crippen molar-refractivity contribution >= 4 is 23.5 Å². The summed E-state index contributed by atoms with van der Waals surface area (Å²) in [6, 6.07) is 4.33. The lowest BCUT2D eigenvalue weighted by Crippen LogP contribution is -2.46. The van der Waals surface area contributed by atoms with Crippen molar-refractivity contribution in [2.24, 2.45) is 4.99 Å². The lowest BCUT2D eigenvalue weighted by atomic mass is 10.0. The van der Waals surface area contributed by atoms with Crippen LogP contribution in [0.15, 0.2) is 70.2 Å². The molecule has 1 aliphatic carbocycles. The predicted molar refractivity (Wildman–Crippen MR) is 143 cm³/mol. The Bertz CT molecular complexity index is 1260. The minimum Gasteiger partial charge on any atom is -0.481 e. The summed E-state index contributed by atoms with van der Waals surface area (Å²) in [6.07, 6.45) is 8.78. The van der Waals surface area contributed by atoms with Gasteiger partial charge in [-0.25, -0.2) is 14.8 Å². The quantitative estimate of drug-likeness (QED) is 0.394. The molecular formula is C28H34FN5O4. The van der Waals surface area contributed by atoms with E-state index in [-0.39, 0.29) is 36.2 Å². The monoisotopic (exact) mass is 523 g/mol. The normalized spacial score (nSPS) is 20.5. The number of aliphatic imine (C=N–C) groups is 1. The van der Waals surface area contributed by atoms with Crippen LogP contribution in [0.25, 0.3) is 0 Å². The van der Waals surface area contributed by atoms with E-state index in [4.69, 9.17) is 5.11 Å². The van der Waals surface area contributed by atoms with E-state index in [1.165, 1.54) is 17.2 Å². The third-order valence-corrected chi connectivity index (χ3v) is 6.30. The van der Waals surface area contributed by atoms with E-state index in [0.29, 0.717) is 24.2 Å². The Labute approximate surface area is 221 Å². The minimum atomic E-state index is -0.906. The van der Waals surface area contributed by atoms with Crippen LogP contribution in [0.4, 0.5) is 4.39 Å². The number of carbonyl (C=O) groups is 3. The van der Waals surface area contributed by atoms with Crippen LogP contribution >= 0.6 is 0 Å². The zero-order valence-corrected chi connectivity index (χ0v) is 22.1. The molecule has 38 heavy (non-hydrogen) atoms. The molecule has 9 nitrogen and oxygen atoms in total. The average Bonchev–Trinajstić information content (AvgIpc) is 3.27. The molecular weight excluding hydrogens is 489 g/mol. The second kappa shape index (κ2) is 13.0. The van der Waals surface area contributed by atoms with Crippen LogP contribution in [0.2, 0.25) is 0 Å². The molecule has 1 atom stereocenters. The third kappa shape index (κ3) is 6.83. The van der Waals surface area contributed by atoms with Gasteiger partial charge in [0.1, 0.15) is 23.0 Å². The molecule has 0 spiro atoms.